The second-order valence-electron chi connectivity index (χ2n) is 6.04. The van der Waals surface area contributed by atoms with Gasteiger partial charge < -0.3 is 10.2 Å². The Bertz CT molecular complexity index is 519. The first-order chi connectivity index (χ1) is 10.2. The normalized spacial score (nSPS) is 25.7. The summed E-state index contributed by atoms with van der Waals surface area (Å²) < 4.78 is 0. The van der Waals surface area contributed by atoms with Gasteiger partial charge >= 0.3 is 0 Å². The Morgan fingerprint density at radius 2 is 2.19 bits per heavy atom. The molecule has 2 aliphatic rings. The van der Waals surface area contributed by atoms with Gasteiger partial charge in [-0.1, -0.05) is 0 Å². The van der Waals surface area contributed by atoms with E-state index in [4.69, 9.17) is 0 Å². The lowest BCUT2D eigenvalue weighted by atomic mass is 10.1. The van der Waals surface area contributed by atoms with Gasteiger partial charge in [0.25, 0.3) is 5.91 Å². The van der Waals surface area contributed by atoms with E-state index >= 15 is 0 Å². The third kappa shape index (κ3) is 2.75. The largest absolute Gasteiger partial charge is 0.383 e. The molecule has 1 amide bonds. The first kappa shape index (κ1) is 14.3. The fraction of sp³-hybridized carbons (Fsp3) is 0.625. The highest BCUT2D eigenvalue weighted by molar-refractivity contribution is 5.99. The van der Waals surface area contributed by atoms with Crippen LogP contribution in [0.5, 0.6) is 0 Å². The minimum atomic E-state index is 0.134. The van der Waals surface area contributed by atoms with Gasteiger partial charge in [-0.2, -0.15) is 0 Å². The summed E-state index contributed by atoms with van der Waals surface area (Å²) >= 11 is 0. The van der Waals surface area contributed by atoms with Gasteiger partial charge in [0.15, 0.2) is 0 Å². The Hall–Kier alpha value is -1.62. The smallest absolute Gasteiger partial charge is 0.256 e. The molecule has 1 aromatic heterocycles. The lowest BCUT2D eigenvalue weighted by Crippen LogP contribution is -2.39. The molecule has 114 valence electrons. The lowest BCUT2D eigenvalue weighted by molar-refractivity contribution is 0.0741. The summed E-state index contributed by atoms with van der Waals surface area (Å²) in [5.74, 6) is 0.134. The van der Waals surface area contributed by atoms with Crippen LogP contribution in [0.1, 0.15) is 36.5 Å². The zero-order chi connectivity index (χ0) is 14.8. The molecule has 2 fully saturated rings. The number of amides is 1. The molecule has 0 radical (unpaired) electrons. The second-order valence-corrected chi connectivity index (χ2v) is 6.04. The maximum absolute atomic E-state index is 12.9. The van der Waals surface area contributed by atoms with Gasteiger partial charge in [-0.25, -0.2) is 0 Å². The summed E-state index contributed by atoms with van der Waals surface area (Å²) in [4.78, 5) is 21.5. The molecule has 1 N–H and O–H groups in total. The Morgan fingerprint density at radius 3 is 3.00 bits per heavy atom. The third-order valence-electron chi connectivity index (χ3n) is 4.85. The maximum atomic E-state index is 12.9. The molecule has 0 aliphatic carbocycles. The number of hydrogen-bond donors (Lipinski definition) is 1. The molecule has 3 rings (SSSR count). The Balaban J connectivity index is 1.79. The van der Waals surface area contributed by atoms with Crippen LogP contribution >= 0.6 is 0 Å². The highest BCUT2D eigenvalue weighted by atomic mass is 16.2. The number of fused-ring (bicyclic) bond motifs is 2. The molecule has 3 heterocycles. The zero-order valence-corrected chi connectivity index (χ0v) is 12.9. The molecule has 5 heteroatoms. The Kier molecular flexibility index (Phi) is 4.10. The van der Waals surface area contributed by atoms with Gasteiger partial charge in [0.1, 0.15) is 0 Å². The third-order valence-corrected chi connectivity index (χ3v) is 4.85. The van der Waals surface area contributed by atoms with Crippen LogP contribution in [0.3, 0.4) is 0 Å². The quantitative estimate of drug-likeness (QED) is 0.922. The van der Waals surface area contributed by atoms with Crippen molar-refractivity contribution in [1.29, 1.82) is 0 Å². The number of hydrogen-bond acceptors (Lipinski definition) is 4. The van der Waals surface area contributed by atoms with Crippen molar-refractivity contribution in [2.45, 2.75) is 38.3 Å². The minimum Gasteiger partial charge on any atom is -0.383 e. The van der Waals surface area contributed by atoms with Crippen LogP contribution in [0.4, 0.5) is 5.69 Å². The topological polar surface area (TPSA) is 48.5 Å². The average Bonchev–Trinajstić information content (AvgIpc) is 2.72. The number of nitrogens with zero attached hydrogens (tertiary/aromatic N) is 3. The second kappa shape index (κ2) is 6.02. The average molecular weight is 288 g/mol. The molecule has 21 heavy (non-hydrogen) atoms. The zero-order valence-electron chi connectivity index (χ0n) is 12.9. The maximum Gasteiger partial charge on any atom is 0.256 e. The van der Waals surface area contributed by atoms with Crippen molar-refractivity contribution in [3.8, 4) is 0 Å². The van der Waals surface area contributed by atoms with Crippen molar-refractivity contribution in [3.05, 3.63) is 24.0 Å². The highest BCUT2D eigenvalue weighted by Crippen LogP contribution is 2.29. The summed E-state index contributed by atoms with van der Waals surface area (Å²) in [6.45, 7) is 4.53. The van der Waals surface area contributed by atoms with Crippen molar-refractivity contribution in [2.75, 3.05) is 32.0 Å². The summed E-state index contributed by atoms with van der Waals surface area (Å²) in [6.07, 6.45) is 7.01. The fourth-order valence-electron chi connectivity index (χ4n) is 3.58. The number of likely N-dealkylation sites (tertiary alicyclic amines) is 1. The van der Waals surface area contributed by atoms with Crippen LogP contribution in [-0.4, -0.2) is 59.5 Å². The first-order valence-electron chi connectivity index (χ1n) is 7.89. The predicted molar refractivity (Wildman–Crippen MR) is 83.5 cm³/mol. The van der Waals surface area contributed by atoms with E-state index in [1.54, 1.807) is 12.4 Å². The van der Waals surface area contributed by atoms with Gasteiger partial charge in [-0.15, -0.1) is 0 Å². The van der Waals surface area contributed by atoms with Gasteiger partial charge in [0, 0.05) is 37.9 Å². The van der Waals surface area contributed by atoms with Gasteiger partial charge in [-0.3, -0.25) is 14.7 Å². The molecule has 2 unspecified atom stereocenters. The van der Waals surface area contributed by atoms with E-state index < -0.39 is 0 Å². The van der Waals surface area contributed by atoms with Crippen molar-refractivity contribution in [1.82, 2.24) is 14.8 Å². The van der Waals surface area contributed by atoms with Crippen LogP contribution < -0.4 is 5.32 Å². The number of pyridine rings is 1. The van der Waals surface area contributed by atoms with E-state index in [-0.39, 0.29) is 5.91 Å². The number of aromatic nitrogens is 1. The highest BCUT2D eigenvalue weighted by Gasteiger charge is 2.36. The summed E-state index contributed by atoms with van der Waals surface area (Å²) in [5, 5.41) is 3.23. The van der Waals surface area contributed by atoms with Crippen LogP contribution in [0.2, 0.25) is 0 Å². The number of carbonyl (C=O) groups is 1. The van der Waals surface area contributed by atoms with Crippen molar-refractivity contribution < 1.29 is 4.79 Å². The van der Waals surface area contributed by atoms with Crippen LogP contribution in [0.25, 0.3) is 0 Å². The van der Waals surface area contributed by atoms with E-state index in [2.05, 4.69) is 22.2 Å². The number of nitrogens with one attached hydrogen (secondary N) is 1. The first-order valence-corrected chi connectivity index (χ1v) is 7.89. The molecule has 1 aromatic rings. The summed E-state index contributed by atoms with van der Waals surface area (Å²) in [6, 6.07) is 3.00. The van der Waals surface area contributed by atoms with Crippen molar-refractivity contribution in [3.63, 3.8) is 0 Å². The van der Waals surface area contributed by atoms with E-state index in [0.717, 1.165) is 37.3 Å². The molecule has 2 bridgehead atoms. The number of anilines is 1. The molecule has 2 saturated heterocycles. The number of carbonyl (C=O) groups excluding carboxylic acids is 1. The predicted octanol–water partition coefficient (Wildman–Crippen LogP) is 1.82. The van der Waals surface area contributed by atoms with Gasteiger partial charge in [0.05, 0.1) is 17.4 Å². The monoisotopic (exact) mass is 288 g/mol. The molecular formula is C16H24N4O. The van der Waals surface area contributed by atoms with E-state index in [9.17, 15) is 4.79 Å². The van der Waals surface area contributed by atoms with Crippen LogP contribution in [0.15, 0.2) is 18.5 Å². The van der Waals surface area contributed by atoms with Crippen molar-refractivity contribution >= 4 is 11.6 Å². The molecule has 5 nitrogen and oxygen atoms in total. The number of likely N-dealkylation sites (N-methyl/N-ethyl adjacent to an activating group) is 1. The molecule has 0 saturated carbocycles. The van der Waals surface area contributed by atoms with Crippen LogP contribution in [-0.2, 0) is 0 Å². The summed E-state index contributed by atoms with van der Waals surface area (Å²) in [7, 11) is 2.20. The Labute approximate surface area is 126 Å². The van der Waals surface area contributed by atoms with E-state index in [0.29, 0.717) is 12.1 Å². The lowest BCUT2D eigenvalue weighted by Gasteiger charge is -2.26. The molecule has 0 spiro atoms. The molecule has 2 aliphatic heterocycles. The van der Waals surface area contributed by atoms with Crippen LogP contribution in [0, 0.1) is 0 Å². The van der Waals surface area contributed by atoms with Gasteiger partial charge in [0.2, 0.25) is 0 Å². The fourth-order valence-corrected chi connectivity index (χ4v) is 3.58. The summed E-state index contributed by atoms with van der Waals surface area (Å²) in [5.41, 5.74) is 1.58. The molecule has 0 aromatic carbocycles. The Morgan fingerprint density at radius 1 is 1.38 bits per heavy atom. The molecular weight excluding hydrogens is 264 g/mol. The van der Waals surface area contributed by atoms with E-state index in [1.807, 2.05) is 17.9 Å². The SMILES string of the molecule is CCNc1cnccc1C(=O)N1CCC2CCC(C1)N2C. The van der Waals surface area contributed by atoms with E-state index in [1.165, 1.54) is 12.8 Å². The van der Waals surface area contributed by atoms with Crippen molar-refractivity contribution in [2.24, 2.45) is 0 Å². The van der Waals surface area contributed by atoms with Gasteiger partial charge in [-0.05, 0) is 39.3 Å². The standard InChI is InChI=1S/C16H24N4O/c1-3-18-15-10-17-8-6-14(15)16(21)20-9-7-12-4-5-13(11-20)19(12)2/h6,8,10,12-13,18H,3-5,7,9,11H2,1-2H3. The molecule has 2 atom stereocenters. The minimum absolute atomic E-state index is 0.134. The number of rotatable bonds is 3.